The largest absolute Gasteiger partial charge is 0.360 e. The van der Waals surface area contributed by atoms with Crippen molar-refractivity contribution in [1.29, 1.82) is 5.26 Å². The van der Waals surface area contributed by atoms with E-state index in [1.54, 1.807) is 24.4 Å². The Bertz CT molecular complexity index is 1010. The molecule has 0 aliphatic rings. The van der Waals surface area contributed by atoms with Crippen LogP contribution in [0.15, 0.2) is 48.0 Å². The van der Waals surface area contributed by atoms with E-state index in [0.717, 1.165) is 11.3 Å². The van der Waals surface area contributed by atoms with Crippen LogP contribution in [0.25, 0.3) is 16.8 Å². The number of aromatic nitrogens is 1. The molecule has 0 unspecified atom stereocenters. The van der Waals surface area contributed by atoms with Gasteiger partial charge in [0.1, 0.15) is 16.6 Å². The van der Waals surface area contributed by atoms with Gasteiger partial charge in [-0.15, -0.1) is 11.3 Å². The highest BCUT2D eigenvalue weighted by molar-refractivity contribution is 7.11. The van der Waals surface area contributed by atoms with Gasteiger partial charge in [0.25, 0.3) is 0 Å². The molecule has 130 valence electrons. The number of halogens is 2. The van der Waals surface area contributed by atoms with Gasteiger partial charge in [-0.25, -0.2) is 4.98 Å². The van der Waals surface area contributed by atoms with Crippen LogP contribution in [-0.4, -0.2) is 4.98 Å². The van der Waals surface area contributed by atoms with Crippen LogP contribution in [0.2, 0.25) is 10.0 Å². The summed E-state index contributed by atoms with van der Waals surface area (Å²) >= 11 is 13.4. The predicted molar refractivity (Wildman–Crippen MR) is 111 cm³/mol. The molecular formula is C20H15Cl2N3S. The molecule has 3 aromatic rings. The fourth-order valence-electron chi connectivity index (χ4n) is 2.37. The quantitative estimate of drug-likeness (QED) is 0.495. The number of anilines is 1. The van der Waals surface area contributed by atoms with Gasteiger partial charge in [-0.1, -0.05) is 35.3 Å². The molecule has 1 heterocycles. The molecule has 0 aliphatic heterocycles. The van der Waals surface area contributed by atoms with E-state index in [-0.39, 0.29) is 0 Å². The third-order valence-electron chi connectivity index (χ3n) is 3.90. The van der Waals surface area contributed by atoms with Crippen LogP contribution in [-0.2, 0) is 0 Å². The molecule has 2 aromatic carbocycles. The van der Waals surface area contributed by atoms with Gasteiger partial charge in [-0.3, -0.25) is 0 Å². The van der Waals surface area contributed by atoms with Crippen LogP contribution < -0.4 is 5.32 Å². The highest BCUT2D eigenvalue weighted by Crippen LogP contribution is 2.28. The van der Waals surface area contributed by atoms with Crippen LogP contribution in [0.1, 0.15) is 16.1 Å². The number of rotatable bonds is 4. The fraction of sp³-hybridized carbons (Fsp3) is 0.100. The van der Waals surface area contributed by atoms with Gasteiger partial charge in [0.05, 0.1) is 5.69 Å². The van der Waals surface area contributed by atoms with Gasteiger partial charge < -0.3 is 5.32 Å². The lowest BCUT2D eigenvalue weighted by molar-refractivity contribution is 1.31. The van der Waals surface area contributed by atoms with Crippen molar-refractivity contribution in [3.63, 3.8) is 0 Å². The molecular weight excluding hydrogens is 385 g/mol. The molecule has 0 amide bonds. The van der Waals surface area contributed by atoms with Gasteiger partial charge in [0.15, 0.2) is 0 Å². The summed E-state index contributed by atoms with van der Waals surface area (Å²) in [5.41, 5.74) is 5.52. The normalized spacial score (nSPS) is 11.3. The summed E-state index contributed by atoms with van der Waals surface area (Å²) in [7, 11) is 0. The number of hydrogen-bond donors (Lipinski definition) is 1. The topological polar surface area (TPSA) is 48.7 Å². The maximum atomic E-state index is 9.48. The molecule has 3 rings (SSSR count). The predicted octanol–water partition coefficient (Wildman–Crippen LogP) is 6.71. The third-order valence-corrected chi connectivity index (χ3v) is 5.22. The molecule has 0 saturated heterocycles. The zero-order valence-corrected chi connectivity index (χ0v) is 16.5. The molecule has 6 heteroatoms. The highest BCUT2D eigenvalue weighted by Gasteiger charge is 2.10. The Morgan fingerprint density at radius 3 is 2.50 bits per heavy atom. The molecule has 0 saturated carbocycles. The minimum absolute atomic E-state index is 0.446. The van der Waals surface area contributed by atoms with Crippen molar-refractivity contribution in [2.45, 2.75) is 13.8 Å². The van der Waals surface area contributed by atoms with Crippen LogP contribution in [0, 0.1) is 25.2 Å². The van der Waals surface area contributed by atoms with Crippen molar-refractivity contribution < 1.29 is 0 Å². The Kier molecular flexibility index (Phi) is 5.63. The van der Waals surface area contributed by atoms with Gasteiger partial charge in [-0.2, -0.15) is 5.26 Å². The standard InChI is InChI=1S/C20H15Cl2N3S/c1-12-3-4-14(5-13(12)2)19-11-26-20(25-19)15(9-23)10-24-18-7-16(21)6-17(22)8-18/h3-8,10-11,24H,1-2H3/b15-10+. The number of allylic oxidation sites excluding steroid dienone is 1. The Labute approximate surface area is 166 Å². The summed E-state index contributed by atoms with van der Waals surface area (Å²) in [6.45, 7) is 4.16. The van der Waals surface area contributed by atoms with E-state index in [9.17, 15) is 5.26 Å². The number of nitriles is 1. The SMILES string of the molecule is Cc1ccc(-c2csc(/C(C#N)=C/Nc3cc(Cl)cc(Cl)c3)n2)cc1C. The first-order valence-electron chi connectivity index (χ1n) is 7.82. The average Bonchev–Trinajstić information content (AvgIpc) is 3.07. The van der Waals surface area contributed by atoms with Gasteiger partial charge in [0.2, 0.25) is 0 Å². The first-order valence-corrected chi connectivity index (χ1v) is 9.46. The highest BCUT2D eigenvalue weighted by atomic mass is 35.5. The van der Waals surface area contributed by atoms with Gasteiger partial charge >= 0.3 is 0 Å². The van der Waals surface area contributed by atoms with Crippen molar-refractivity contribution in [2.75, 3.05) is 5.32 Å². The maximum Gasteiger partial charge on any atom is 0.136 e. The molecule has 0 fully saturated rings. The van der Waals surface area contributed by atoms with Crippen molar-refractivity contribution in [1.82, 2.24) is 4.98 Å². The second kappa shape index (κ2) is 7.92. The second-order valence-corrected chi connectivity index (χ2v) is 7.54. The first kappa shape index (κ1) is 18.5. The fourth-order valence-corrected chi connectivity index (χ4v) is 3.69. The van der Waals surface area contributed by atoms with Crippen molar-refractivity contribution in [2.24, 2.45) is 0 Å². The van der Waals surface area contributed by atoms with Crippen LogP contribution in [0.4, 0.5) is 5.69 Å². The molecule has 1 aromatic heterocycles. The van der Waals surface area contributed by atoms with Crippen LogP contribution >= 0.6 is 34.5 Å². The number of nitrogens with zero attached hydrogens (tertiary/aromatic N) is 2. The lowest BCUT2D eigenvalue weighted by Gasteiger charge is -2.03. The molecule has 26 heavy (non-hydrogen) atoms. The minimum Gasteiger partial charge on any atom is -0.360 e. The molecule has 0 radical (unpaired) electrons. The Balaban J connectivity index is 1.86. The van der Waals surface area contributed by atoms with Gasteiger partial charge in [0, 0.05) is 32.9 Å². The smallest absolute Gasteiger partial charge is 0.136 e. The van der Waals surface area contributed by atoms with E-state index in [0.29, 0.717) is 26.3 Å². The van der Waals surface area contributed by atoms with E-state index >= 15 is 0 Å². The Morgan fingerprint density at radius 1 is 1.12 bits per heavy atom. The number of aryl methyl sites for hydroxylation is 2. The van der Waals surface area contributed by atoms with E-state index in [1.807, 2.05) is 11.4 Å². The lowest BCUT2D eigenvalue weighted by atomic mass is 10.1. The lowest BCUT2D eigenvalue weighted by Crippen LogP contribution is -1.91. The zero-order valence-electron chi connectivity index (χ0n) is 14.2. The molecule has 0 bridgehead atoms. The second-order valence-electron chi connectivity index (χ2n) is 5.81. The summed E-state index contributed by atoms with van der Waals surface area (Å²) in [4.78, 5) is 4.61. The zero-order chi connectivity index (χ0) is 18.7. The van der Waals surface area contributed by atoms with Crippen LogP contribution in [0.3, 0.4) is 0 Å². The number of benzene rings is 2. The van der Waals surface area contributed by atoms with Crippen LogP contribution in [0.5, 0.6) is 0 Å². The summed E-state index contributed by atoms with van der Waals surface area (Å²) in [6, 6.07) is 13.5. The number of hydrogen-bond acceptors (Lipinski definition) is 4. The molecule has 3 nitrogen and oxygen atoms in total. The molecule has 0 atom stereocenters. The van der Waals surface area contributed by atoms with E-state index in [4.69, 9.17) is 23.2 Å². The number of nitrogens with one attached hydrogen (secondary N) is 1. The average molecular weight is 400 g/mol. The summed E-state index contributed by atoms with van der Waals surface area (Å²) < 4.78 is 0. The van der Waals surface area contributed by atoms with Gasteiger partial charge in [-0.05, 0) is 49.2 Å². The third kappa shape index (κ3) is 4.25. The number of thiazole rings is 1. The first-order chi connectivity index (χ1) is 12.5. The summed E-state index contributed by atoms with van der Waals surface area (Å²) in [5, 5.41) is 16.2. The summed E-state index contributed by atoms with van der Waals surface area (Å²) in [5.74, 6) is 0. The van der Waals surface area contributed by atoms with Crippen molar-refractivity contribution in [3.8, 4) is 17.3 Å². The Hall–Kier alpha value is -2.32. The van der Waals surface area contributed by atoms with Crippen molar-refractivity contribution >= 4 is 45.8 Å². The van der Waals surface area contributed by atoms with E-state index < -0.39 is 0 Å². The monoisotopic (exact) mass is 399 g/mol. The van der Waals surface area contributed by atoms with E-state index in [2.05, 4.69) is 42.4 Å². The maximum absolute atomic E-state index is 9.48. The molecule has 0 aliphatic carbocycles. The minimum atomic E-state index is 0.446. The molecule has 0 spiro atoms. The molecule has 1 N–H and O–H groups in total. The van der Waals surface area contributed by atoms with Crippen molar-refractivity contribution in [3.05, 3.63) is 74.2 Å². The Morgan fingerprint density at radius 2 is 1.85 bits per heavy atom. The summed E-state index contributed by atoms with van der Waals surface area (Å²) in [6.07, 6.45) is 1.62. The van der Waals surface area contributed by atoms with E-state index in [1.165, 1.54) is 22.5 Å².